The van der Waals surface area contributed by atoms with E-state index in [1.165, 1.54) is 21.1 Å². The number of alkyl halides is 1. The largest absolute Gasteiger partial charge is 0.493 e. The van der Waals surface area contributed by atoms with Crippen LogP contribution in [0.4, 0.5) is 4.39 Å². The molecule has 1 aromatic carbocycles. The Balaban J connectivity index is 3.31. The van der Waals surface area contributed by atoms with Crippen LogP contribution in [-0.4, -0.2) is 14.2 Å². The molecule has 0 heterocycles. The minimum absolute atomic E-state index is 0.450. The first kappa shape index (κ1) is 11.3. The Morgan fingerprint density at radius 2 is 1.93 bits per heavy atom. The molecular formula is C10H12BrFO2. The standard InChI is InChI=1S/C10H12BrFO2/c1-6(12)8-4-7(11)5-9(13-2)10(8)14-3/h4-6H,1-3H3. The molecule has 0 fully saturated rings. The minimum Gasteiger partial charge on any atom is -0.493 e. The van der Waals surface area contributed by atoms with E-state index in [-0.39, 0.29) is 0 Å². The van der Waals surface area contributed by atoms with Crippen molar-refractivity contribution in [2.75, 3.05) is 14.2 Å². The lowest BCUT2D eigenvalue weighted by atomic mass is 10.1. The van der Waals surface area contributed by atoms with Gasteiger partial charge in [0.25, 0.3) is 0 Å². The summed E-state index contributed by atoms with van der Waals surface area (Å²) in [5.74, 6) is 0.979. The van der Waals surface area contributed by atoms with Gasteiger partial charge < -0.3 is 9.47 Å². The second kappa shape index (κ2) is 4.64. The van der Waals surface area contributed by atoms with Gasteiger partial charge in [0.15, 0.2) is 11.5 Å². The lowest BCUT2D eigenvalue weighted by Crippen LogP contribution is -1.97. The second-order valence-electron chi connectivity index (χ2n) is 2.85. The van der Waals surface area contributed by atoms with E-state index in [0.29, 0.717) is 17.1 Å². The number of rotatable bonds is 3. The van der Waals surface area contributed by atoms with Crippen LogP contribution in [0.2, 0.25) is 0 Å². The number of ether oxygens (including phenoxy) is 2. The summed E-state index contributed by atoms with van der Waals surface area (Å²) in [6.45, 7) is 1.46. The third-order valence-corrected chi connectivity index (χ3v) is 2.36. The van der Waals surface area contributed by atoms with Crippen LogP contribution >= 0.6 is 15.9 Å². The molecule has 78 valence electrons. The lowest BCUT2D eigenvalue weighted by molar-refractivity contribution is 0.324. The predicted octanol–water partition coefficient (Wildman–Crippen LogP) is 3.50. The zero-order chi connectivity index (χ0) is 10.7. The van der Waals surface area contributed by atoms with Gasteiger partial charge in [0.05, 0.1) is 14.2 Å². The molecular weight excluding hydrogens is 251 g/mol. The normalized spacial score (nSPS) is 12.4. The molecule has 2 nitrogen and oxygen atoms in total. The van der Waals surface area contributed by atoms with Gasteiger partial charge >= 0.3 is 0 Å². The molecule has 1 aromatic rings. The number of methoxy groups -OCH3 is 2. The highest BCUT2D eigenvalue weighted by Gasteiger charge is 2.16. The van der Waals surface area contributed by atoms with Gasteiger partial charge in [-0.15, -0.1) is 0 Å². The van der Waals surface area contributed by atoms with Crippen molar-refractivity contribution in [1.82, 2.24) is 0 Å². The van der Waals surface area contributed by atoms with Gasteiger partial charge in [0.1, 0.15) is 6.17 Å². The van der Waals surface area contributed by atoms with Crippen LogP contribution in [0.25, 0.3) is 0 Å². The van der Waals surface area contributed by atoms with Crippen LogP contribution in [0, 0.1) is 0 Å². The SMILES string of the molecule is COc1cc(Br)cc(C(C)F)c1OC. The Labute approximate surface area is 91.2 Å². The first-order chi connectivity index (χ1) is 6.60. The summed E-state index contributed by atoms with van der Waals surface area (Å²) < 4.78 is 24.2. The molecule has 0 amide bonds. The molecule has 0 N–H and O–H groups in total. The van der Waals surface area contributed by atoms with Crippen molar-refractivity contribution in [3.05, 3.63) is 22.2 Å². The number of halogens is 2. The Hall–Kier alpha value is -0.770. The third-order valence-electron chi connectivity index (χ3n) is 1.90. The summed E-state index contributed by atoms with van der Waals surface area (Å²) in [4.78, 5) is 0. The van der Waals surface area contributed by atoms with E-state index in [2.05, 4.69) is 15.9 Å². The fraction of sp³-hybridized carbons (Fsp3) is 0.400. The van der Waals surface area contributed by atoms with Crippen LogP contribution < -0.4 is 9.47 Å². The first-order valence-corrected chi connectivity index (χ1v) is 4.95. The van der Waals surface area contributed by atoms with E-state index in [0.717, 1.165) is 4.47 Å². The van der Waals surface area contributed by atoms with E-state index >= 15 is 0 Å². The zero-order valence-electron chi connectivity index (χ0n) is 8.30. The van der Waals surface area contributed by atoms with Crippen molar-refractivity contribution < 1.29 is 13.9 Å². The van der Waals surface area contributed by atoms with Gasteiger partial charge in [-0.05, 0) is 19.1 Å². The Kier molecular flexibility index (Phi) is 3.75. The van der Waals surface area contributed by atoms with Crippen molar-refractivity contribution >= 4 is 15.9 Å². The van der Waals surface area contributed by atoms with Gasteiger partial charge in [0, 0.05) is 10.0 Å². The van der Waals surface area contributed by atoms with Crippen molar-refractivity contribution in [3.8, 4) is 11.5 Å². The van der Waals surface area contributed by atoms with E-state index in [9.17, 15) is 4.39 Å². The van der Waals surface area contributed by atoms with Gasteiger partial charge in [-0.1, -0.05) is 15.9 Å². The molecule has 0 aliphatic heterocycles. The molecule has 0 aliphatic rings. The minimum atomic E-state index is -1.09. The van der Waals surface area contributed by atoms with E-state index < -0.39 is 6.17 Å². The fourth-order valence-corrected chi connectivity index (χ4v) is 1.71. The first-order valence-electron chi connectivity index (χ1n) is 4.15. The fourth-order valence-electron chi connectivity index (χ4n) is 1.25. The van der Waals surface area contributed by atoms with Gasteiger partial charge in [-0.2, -0.15) is 0 Å². The quantitative estimate of drug-likeness (QED) is 0.830. The zero-order valence-corrected chi connectivity index (χ0v) is 9.89. The Bertz CT molecular complexity index is 326. The maximum absolute atomic E-state index is 13.2. The molecule has 1 atom stereocenters. The van der Waals surface area contributed by atoms with Crippen molar-refractivity contribution in [1.29, 1.82) is 0 Å². The van der Waals surface area contributed by atoms with Gasteiger partial charge in [0.2, 0.25) is 0 Å². The second-order valence-corrected chi connectivity index (χ2v) is 3.76. The number of hydrogen-bond acceptors (Lipinski definition) is 2. The van der Waals surface area contributed by atoms with E-state index in [1.54, 1.807) is 12.1 Å². The summed E-state index contributed by atoms with van der Waals surface area (Å²) >= 11 is 3.28. The molecule has 14 heavy (non-hydrogen) atoms. The Morgan fingerprint density at radius 3 is 2.36 bits per heavy atom. The monoisotopic (exact) mass is 262 g/mol. The molecule has 1 rings (SSSR count). The maximum atomic E-state index is 13.2. The van der Waals surface area contributed by atoms with Crippen molar-refractivity contribution in [3.63, 3.8) is 0 Å². The average Bonchev–Trinajstić information content (AvgIpc) is 2.16. The van der Waals surface area contributed by atoms with Crippen molar-refractivity contribution in [2.24, 2.45) is 0 Å². The summed E-state index contributed by atoms with van der Waals surface area (Å²) in [6, 6.07) is 3.43. The molecule has 0 saturated heterocycles. The van der Waals surface area contributed by atoms with Crippen LogP contribution in [0.15, 0.2) is 16.6 Å². The molecule has 0 aliphatic carbocycles. The molecule has 0 radical (unpaired) electrons. The molecule has 1 unspecified atom stereocenters. The average molecular weight is 263 g/mol. The summed E-state index contributed by atoms with van der Waals surface area (Å²) in [7, 11) is 3.02. The highest BCUT2D eigenvalue weighted by Crippen LogP contribution is 2.38. The molecule has 0 spiro atoms. The van der Waals surface area contributed by atoms with Crippen molar-refractivity contribution in [2.45, 2.75) is 13.1 Å². The van der Waals surface area contributed by atoms with Gasteiger partial charge in [-0.25, -0.2) is 4.39 Å². The highest BCUT2D eigenvalue weighted by molar-refractivity contribution is 9.10. The predicted molar refractivity (Wildman–Crippen MR) is 56.8 cm³/mol. The lowest BCUT2D eigenvalue weighted by Gasteiger charge is -2.13. The molecule has 0 saturated carbocycles. The summed E-state index contributed by atoms with van der Waals surface area (Å²) in [6.07, 6.45) is -1.09. The summed E-state index contributed by atoms with van der Waals surface area (Å²) in [5, 5.41) is 0. The van der Waals surface area contributed by atoms with Crippen LogP contribution in [0.1, 0.15) is 18.7 Å². The van der Waals surface area contributed by atoms with Gasteiger partial charge in [-0.3, -0.25) is 0 Å². The molecule has 4 heteroatoms. The van der Waals surface area contributed by atoms with Crippen LogP contribution in [0.5, 0.6) is 11.5 Å². The Morgan fingerprint density at radius 1 is 1.29 bits per heavy atom. The topological polar surface area (TPSA) is 18.5 Å². The number of benzene rings is 1. The smallest absolute Gasteiger partial charge is 0.166 e. The van der Waals surface area contributed by atoms with E-state index in [4.69, 9.17) is 9.47 Å². The third kappa shape index (κ3) is 2.18. The number of hydrogen-bond donors (Lipinski definition) is 0. The highest BCUT2D eigenvalue weighted by atomic mass is 79.9. The van der Waals surface area contributed by atoms with Crippen LogP contribution in [0.3, 0.4) is 0 Å². The molecule has 0 aromatic heterocycles. The summed E-state index contributed by atoms with van der Waals surface area (Å²) in [5.41, 5.74) is 0.485. The maximum Gasteiger partial charge on any atom is 0.166 e. The molecule has 0 bridgehead atoms. The van der Waals surface area contributed by atoms with Crippen LogP contribution in [-0.2, 0) is 0 Å². The van der Waals surface area contributed by atoms with E-state index in [1.807, 2.05) is 0 Å².